The van der Waals surface area contributed by atoms with Crippen LogP contribution in [0.2, 0.25) is 19.6 Å². The maximum atomic E-state index is 11.1. The molecule has 1 atom stereocenters. The van der Waals surface area contributed by atoms with Gasteiger partial charge in [0.2, 0.25) is 8.32 Å². The number of rotatable bonds is 5. The topological polar surface area (TPSA) is 61.8 Å². The van der Waals surface area contributed by atoms with Gasteiger partial charge < -0.3 is 4.74 Å². The Bertz CT molecular complexity index is 242. The fourth-order valence-electron chi connectivity index (χ4n) is 0.531. The molecule has 0 heterocycles. The molecule has 0 bridgehead atoms. The van der Waals surface area contributed by atoms with Crippen molar-refractivity contribution in [3.05, 3.63) is 0 Å². The van der Waals surface area contributed by atoms with Crippen LogP contribution >= 0.6 is 0 Å². The highest BCUT2D eigenvalue weighted by molar-refractivity contribution is 7.83. The summed E-state index contributed by atoms with van der Waals surface area (Å²) in [5, 5.41) is 0. The normalized spacial score (nSPS) is 15.8. The zero-order chi connectivity index (χ0) is 10.7. The fraction of sp³-hybridized carbons (Fsp3) is 1.00. The Morgan fingerprint density at radius 1 is 1.23 bits per heavy atom. The molecule has 0 saturated carbocycles. The van der Waals surface area contributed by atoms with Crippen molar-refractivity contribution in [1.82, 2.24) is 0 Å². The lowest BCUT2D eigenvalue weighted by Gasteiger charge is -2.17. The maximum Gasteiger partial charge on any atom is 0.392 e. The molecular weight excluding hydrogens is 212 g/mol. The van der Waals surface area contributed by atoms with Gasteiger partial charge in [-0.1, -0.05) is 0 Å². The molecule has 0 N–H and O–H groups in total. The smallest absolute Gasteiger partial charge is 0.355 e. The fourth-order valence-corrected chi connectivity index (χ4v) is 3.55. The lowest BCUT2D eigenvalue weighted by Crippen LogP contribution is -2.32. The van der Waals surface area contributed by atoms with Crippen molar-refractivity contribution in [1.29, 1.82) is 0 Å². The standard InChI is InChI=1S/C6H16O5SSi/c1-6(9-2)10-12(7,8)11-13(3,4)5/h6H,1-5H3. The van der Waals surface area contributed by atoms with Gasteiger partial charge in [-0.15, -0.1) is 0 Å². The molecule has 5 nitrogen and oxygen atoms in total. The second-order valence-corrected chi connectivity index (χ2v) is 9.40. The molecule has 0 rings (SSSR count). The van der Waals surface area contributed by atoms with E-state index in [2.05, 4.69) is 8.92 Å². The molecule has 0 fully saturated rings. The third kappa shape index (κ3) is 7.14. The Balaban J connectivity index is 4.27. The van der Waals surface area contributed by atoms with E-state index in [1.807, 2.05) is 0 Å². The van der Waals surface area contributed by atoms with Gasteiger partial charge in [0.15, 0.2) is 6.29 Å². The van der Waals surface area contributed by atoms with Gasteiger partial charge in [0.05, 0.1) is 0 Å². The quantitative estimate of drug-likeness (QED) is 0.521. The molecule has 0 radical (unpaired) electrons. The van der Waals surface area contributed by atoms with Crippen LogP contribution in [0.15, 0.2) is 0 Å². The summed E-state index contributed by atoms with van der Waals surface area (Å²) in [4.78, 5) is 0. The Labute approximate surface area is 80.5 Å². The van der Waals surface area contributed by atoms with Crippen LogP contribution in [0.1, 0.15) is 6.92 Å². The lowest BCUT2D eigenvalue weighted by molar-refractivity contribution is -0.0394. The summed E-state index contributed by atoms with van der Waals surface area (Å²) < 4.78 is 36.2. The van der Waals surface area contributed by atoms with Gasteiger partial charge in [0.1, 0.15) is 0 Å². The van der Waals surface area contributed by atoms with Crippen LogP contribution in [0.25, 0.3) is 0 Å². The molecule has 7 heteroatoms. The minimum absolute atomic E-state index is 0.818. The van der Waals surface area contributed by atoms with Crippen LogP contribution in [0.5, 0.6) is 0 Å². The van der Waals surface area contributed by atoms with Crippen LogP contribution in [0.3, 0.4) is 0 Å². The number of ether oxygens (including phenoxy) is 1. The van der Waals surface area contributed by atoms with Crippen LogP contribution in [0, 0.1) is 0 Å². The van der Waals surface area contributed by atoms with Crippen LogP contribution < -0.4 is 0 Å². The summed E-state index contributed by atoms with van der Waals surface area (Å²) in [6.45, 7) is 6.74. The van der Waals surface area contributed by atoms with Crippen molar-refractivity contribution in [2.45, 2.75) is 32.9 Å². The molecule has 0 aliphatic rings. The summed E-state index contributed by atoms with van der Waals surface area (Å²) in [5.41, 5.74) is 0. The number of hydrogen-bond acceptors (Lipinski definition) is 5. The first kappa shape index (κ1) is 13.0. The van der Waals surface area contributed by atoms with E-state index in [0.717, 1.165) is 0 Å². The van der Waals surface area contributed by atoms with Crippen molar-refractivity contribution in [2.24, 2.45) is 0 Å². The minimum atomic E-state index is -3.91. The highest BCUT2D eigenvalue weighted by Crippen LogP contribution is 2.11. The third-order valence-electron chi connectivity index (χ3n) is 0.937. The van der Waals surface area contributed by atoms with Crippen molar-refractivity contribution < 1.29 is 21.2 Å². The molecular formula is C6H16O5SSi. The van der Waals surface area contributed by atoms with Gasteiger partial charge in [-0.25, -0.2) is 4.18 Å². The zero-order valence-corrected chi connectivity index (χ0v) is 10.3. The van der Waals surface area contributed by atoms with Crippen molar-refractivity contribution in [3.8, 4) is 0 Å². The zero-order valence-electron chi connectivity index (χ0n) is 8.53. The summed E-state index contributed by atoms with van der Waals surface area (Å²) in [5.74, 6) is 0. The maximum absolute atomic E-state index is 11.1. The third-order valence-corrected chi connectivity index (χ3v) is 4.26. The first-order valence-corrected chi connectivity index (χ1v) is 8.57. The first-order valence-electron chi connectivity index (χ1n) is 3.83. The second kappa shape index (κ2) is 4.51. The summed E-state index contributed by atoms with van der Waals surface area (Å²) in [7, 11) is -4.70. The van der Waals surface area contributed by atoms with Crippen molar-refractivity contribution in [2.75, 3.05) is 7.11 Å². The molecule has 0 aliphatic carbocycles. The molecule has 0 aliphatic heterocycles. The summed E-state index contributed by atoms with van der Waals surface area (Å²) >= 11 is 0. The molecule has 0 aromatic rings. The molecule has 0 aromatic heterocycles. The van der Waals surface area contributed by atoms with Gasteiger partial charge in [-0.2, -0.15) is 8.42 Å². The van der Waals surface area contributed by atoms with Crippen molar-refractivity contribution >= 4 is 18.7 Å². The van der Waals surface area contributed by atoms with E-state index < -0.39 is 25.0 Å². The molecule has 80 valence electrons. The van der Waals surface area contributed by atoms with Crippen LogP contribution in [-0.4, -0.2) is 30.1 Å². The van der Waals surface area contributed by atoms with Gasteiger partial charge in [0, 0.05) is 7.11 Å². The van der Waals surface area contributed by atoms with E-state index >= 15 is 0 Å². The van der Waals surface area contributed by atoms with Crippen LogP contribution in [-0.2, 0) is 23.2 Å². The van der Waals surface area contributed by atoms with Crippen LogP contribution in [0.4, 0.5) is 0 Å². The highest BCUT2D eigenvalue weighted by Gasteiger charge is 2.26. The van der Waals surface area contributed by atoms with Crippen molar-refractivity contribution in [3.63, 3.8) is 0 Å². The largest absolute Gasteiger partial charge is 0.392 e. The highest BCUT2D eigenvalue weighted by atomic mass is 32.3. The van der Waals surface area contributed by atoms with Gasteiger partial charge >= 0.3 is 10.4 Å². The lowest BCUT2D eigenvalue weighted by atomic mass is 10.8. The predicted molar refractivity (Wildman–Crippen MR) is 50.9 cm³/mol. The van der Waals surface area contributed by atoms with Gasteiger partial charge in [0.25, 0.3) is 0 Å². The van der Waals surface area contributed by atoms with Gasteiger partial charge in [-0.05, 0) is 26.6 Å². The molecule has 0 amide bonds. The molecule has 0 spiro atoms. The van der Waals surface area contributed by atoms with E-state index in [1.165, 1.54) is 14.0 Å². The Morgan fingerprint density at radius 3 is 2.00 bits per heavy atom. The van der Waals surface area contributed by atoms with E-state index in [-0.39, 0.29) is 0 Å². The first-order chi connectivity index (χ1) is 5.66. The van der Waals surface area contributed by atoms with Gasteiger partial charge in [-0.3, -0.25) is 3.87 Å². The summed E-state index contributed by atoms with van der Waals surface area (Å²) in [6.07, 6.45) is -0.818. The molecule has 1 unspecified atom stereocenters. The average Bonchev–Trinajstić information content (AvgIpc) is 1.80. The van der Waals surface area contributed by atoms with E-state index in [1.54, 1.807) is 19.6 Å². The predicted octanol–water partition coefficient (Wildman–Crippen LogP) is 1.09. The number of hydrogen-bond donors (Lipinski definition) is 0. The summed E-state index contributed by atoms with van der Waals surface area (Å²) in [6, 6.07) is 0. The van der Waals surface area contributed by atoms with E-state index in [9.17, 15) is 8.42 Å². The number of methoxy groups -OCH3 is 1. The Morgan fingerprint density at radius 2 is 1.69 bits per heavy atom. The van der Waals surface area contributed by atoms with E-state index in [4.69, 9.17) is 3.87 Å². The van der Waals surface area contributed by atoms with E-state index in [0.29, 0.717) is 0 Å². The molecule has 13 heavy (non-hydrogen) atoms. The SMILES string of the molecule is COC(C)OS(=O)(=O)O[Si](C)(C)C. The Hall–Kier alpha value is 0.0469. The average molecular weight is 228 g/mol. The Kier molecular flexibility index (Phi) is 4.53. The molecule has 0 saturated heterocycles. The minimum Gasteiger partial charge on any atom is -0.355 e. The molecule has 0 aromatic carbocycles. The second-order valence-electron chi connectivity index (χ2n) is 3.50. The monoisotopic (exact) mass is 228 g/mol.